The second-order valence-corrected chi connectivity index (χ2v) is 8.37. The number of carboxylic acid groups (broad SMARTS) is 1. The van der Waals surface area contributed by atoms with Crippen LogP contribution in [0.25, 0.3) is 10.9 Å². The number of hydrogen-bond acceptors (Lipinski definition) is 5. The van der Waals surface area contributed by atoms with Gasteiger partial charge in [0.05, 0.1) is 12.7 Å². The maximum absolute atomic E-state index is 11.4. The van der Waals surface area contributed by atoms with Crippen LogP contribution >= 0.6 is 0 Å². The number of carboxylic acids is 1. The van der Waals surface area contributed by atoms with Crippen molar-refractivity contribution in [3.63, 3.8) is 0 Å². The van der Waals surface area contributed by atoms with E-state index in [1.807, 2.05) is 18.3 Å². The van der Waals surface area contributed by atoms with Gasteiger partial charge >= 0.3 is 5.97 Å². The van der Waals surface area contributed by atoms with Crippen LogP contribution in [0.5, 0.6) is 5.75 Å². The maximum Gasteiger partial charge on any atom is 0.337 e. The number of aromatic nitrogens is 1. The Bertz CT molecular complexity index is 1110. The van der Waals surface area contributed by atoms with Crippen LogP contribution in [0.3, 0.4) is 0 Å². The SMILES string of the molecule is COc1cc(C)c2[nH]ccc2c1CN1CCN(C)CCC1c1ccc(C(=O)O)c(N)c1. The normalized spacial score (nSPS) is 18.2. The summed E-state index contributed by atoms with van der Waals surface area (Å²) in [5, 5.41) is 10.5. The lowest BCUT2D eigenvalue weighted by atomic mass is 9.97. The smallest absolute Gasteiger partial charge is 0.337 e. The highest BCUT2D eigenvalue weighted by Gasteiger charge is 2.27. The number of benzene rings is 2. The van der Waals surface area contributed by atoms with Crippen molar-refractivity contribution in [1.29, 1.82) is 0 Å². The lowest BCUT2D eigenvalue weighted by molar-refractivity contribution is 0.0698. The minimum absolute atomic E-state index is 0.134. The first kappa shape index (κ1) is 21.2. The number of nitrogens with zero attached hydrogens (tertiary/aromatic N) is 2. The predicted octanol–water partition coefficient (Wildman–Crippen LogP) is 3.64. The monoisotopic (exact) mass is 422 g/mol. The lowest BCUT2D eigenvalue weighted by Crippen LogP contribution is -2.31. The van der Waals surface area contributed by atoms with E-state index in [2.05, 4.69) is 40.9 Å². The highest BCUT2D eigenvalue weighted by atomic mass is 16.5. The molecule has 7 nitrogen and oxygen atoms in total. The minimum atomic E-state index is -0.999. The summed E-state index contributed by atoms with van der Waals surface area (Å²) in [5.74, 6) is -0.109. The third-order valence-corrected chi connectivity index (χ3v) is 6.38. The molecular formula is C24H30N4O3. The first-order valence-electron chi connectivity index (χ1n) is 10.6. The number of methoxy groups -OCH3 is 1. The molecule has 3 aromatic rings. The van der Waals surface area contributed by atoms with E-state index < -0.39 is 5.97 Å². The largest absolute Gasteiger partial charge is 0.496 e. The highest BCUT2D eigenvalue weighted by molar-refractivity contribution is 5.93. The van der Waals surface area contributed by atoms with Gasteiger partial charge < -0.3 is 25.5 Å². The van der Waals surface area contributed by atoms with Gasteiger partial charge in [0.15, 0.2) is 0 Å². The summed E-state index contributed by atoms with van der Waals surface area (Å²) in [7, 11) is 3.86. The number of rotatable bonds is 5. The summed E-state index contributed by atoms with van der Waals surface area (Å²) in [6, 6.07) is 9.68. The number of likely N-dealkylation sites (N-methyl/N-ethyl adjacent to an activating group) is 1. The molecule has 1 unspecified atom stereocenters. The number of aryl methyl sites for hydroxylation is 1. The van der Waals surface area contributed by atoms with Crippen LogP contribution in [0.1, 0.15) is 39.5 Å². The Morgan fingerprint density at radius 3 is 2.77 bits per heavy atom. The summed E-state index contributed by atoms with van der Waals surface area (Å²) >= 11 is 0. The number of hydrogen-bond donors (Lipinski definition) is 3. The molecule has 0 bridgehead atoms. The molecule has 4 rings (SSSR count). The van der Waals surface area contributed by atoms with Crippen molar-refractivity contribution >= 4 is 22.6 Å². The van der Waals surface area contributed by atoms with Gasteiger partial charge in [-0.1, -0.05) is 6.07 Å². The van der Waals surface area contributed by atoms with E-state index in [0.717, 1.165) is 60.6 Å². The molecule has 0 amide bonds. The molecule has 4 N–H and O–H groups in total. The van der Waals surface area contributed by atoms with Gasteiger partial charge in [0.25, 0.3) is 0 Å². The van der Waals surface area contributed by atoms with E-state index in [-0.39, 0.29) is 11.6 Å². The van der Waals surface area contributed by atoms with E-state index in [1.165, 1.54) is 5.39 Å². The first-order chi connectivity index (χ1) is 14.9. The molecule has 1 saturated heterocycles. The Hall–Kier alpha value is -3.03. The topological polar surface area (TPSA) is 94.8 Å². The van der Waals surface area contributed by atoms with Gasteiger partial charge in [0, 0.05) is 54.0 Å². The van der Waals surface area contributed by atoms with Gasteiger partial charge in [-0.05, 0) is 62.3 Å². The van der Waals surface area contributed by atoms with Gasteiger partial charge in [-0.15, -0.1) is 0 Å². The quantitative estimate of drug-likeness (QED) is 0.544. The molecule has 1 atom stereocenters. The molecular weight excluding hydrogens is 392 g/mol. The van der Waals surface area contributed by atoms with Crippen molar-refractivity contribution in [2.24, 2.45) is 0 Å². The Labute approximate surface area is 182 Å². The number of H-pyrrole nitrogens is 1. The van der Waals surface area contributed by atoms with Gasteiger partial charge in [-0.25, -0.2) is 4.79 Å². The molecule has 164 valence electrons. The van der Waals surface area contributed by atoms with Gasteiger partial charge in [-0.3, -0.25) is 4.90 Å². The maximum atomic E-state index is 11.4. The molecule has 0 spiro atoms. The molecule has 0 aliphatic carbocycles. The third-order valence-electron chi connectivity index (χ3n) is 6.38. The van der Waals surface area contributed by atoms with Crippen LogP contribution in [0, 0.1) is 6.92 Å². The molecule has 2 heterocycles. The predicted molar refractivity (Wildman–Crippen MR) is 123 cm³/mol. The van der Waals surface area contributed by atoms with Crippen molar-refractivity contribution in [2.75, 3.05) is 39.5 Å². The van der Waals surface area contributed by atoms with Gasteiger partial charge in [0.1, 0.15) is 5.75 Å². The van der Waals surface area contributed by atoms with Gasteiger partial charge in [0.2, 0.25) is 0 Å². The standard InChI is InChI=1S/C24H30N4O3/c1-15-12-22(31-3)19(17-6-8-26-23(15)17)14-28-11-10-27(2)9-7-21(28)16-4-5-18(24(29)30)20(25)13-16/h4-6,8,12-13,21,26H,7,9-11,14,25H2,1-3H3,(H,29,30). The number of aromatic carboxylic acids is 1. The van der Waals surface area contributed by atoms with E-state index in [4.69, 9.17) is 10.5 Å². The molecule has 1 aliphatic rings. The van der Waals surface area contributed by atoms with Crippen LogP contribution in [0.2, 0.25) is 0 Å². The zero-order valence-corrected chi connectivity index (χ0v) is 18.3. The fourth-order valence-electron chi connectivity index (χ4n) is 4.63. The van der Waals surface area contributed by atoms with Crippen LogP contribution in [0.4, 0.5) is 5.69 Å². The molecule has 2 aromatic carbocycles. The van der Waals surface area contributed by atoms with Gasteiger partial charge in [-0.2, -0.15) is 0 Å². The zero-order valence-electron chi connectivity index (χ0n) is 18.3. The Morgan fingerprint density at radius 2 is 2.06 bits per heavy atom. The number of carbonyl (C=O) groups is 1. The number of aromatic amines is 1. The number of nitrogens with two attached hydrogens (primary N) is 1. The van der Waals surface area contributed by atoms with Crippen LogP contribution < -0.4 is 10.5 Å². The zero-order chi connectivity index (χ0) is 22.1. The fraction of sp³-hybridized carbons (Fsp3) is 0.375. The molecule has 1 aromatic heterocycles. The molecule has 31 heavy (non-hydrogen) atoms. The number of anilines is 1. The van der Waals surface area contributed by atoms with E-state index in [1.54, 1.807) is 13.2 Å². The molecule has 0 saturated carbocycles. The highest BCUT2D eigenvalue weighted by Crippen LogP contribution is 2.36. The number of ether oxygens (including phenoxy) is 1. The summed E-state index contributed by atoms with van der Waals surface area (Å²) in [5.41, 5.74) is 11.0. The Balaban J connectivity index is 1.74. The summed E-state index contributed by atoms with van der Waals surface area (Å²) in [6.45, 7) is 5.64. The fourth-order valence-corrected chi connectivity index (χ4v) is 4.63. The van der Waals surface area contributed by atoms with Crippen LogP contribution in [-0.4, -0.2) is 59.7 Å². The average Bonchev–Trinajstić information content (AvgIpc) is 3.16. The average molecular weight is 423 g/mol. The molecule has 1 fully saturated rings. The van der Waals surface area contributed by atoms with Crippen molar-refractivity contribution in [3.8, 4) is 5.75 Å². The van der Waals surface area contributed by atoms with Crippen LogP contribution in [0.15, 0.2) is 36.5 Å². The van der Waals surface area contributed by atoms with Crippen LogP contribution in [-0.2, 0) is 6.54 Å². The van der Waals surface area contributed by atoms with E-state index >= 15 is 0 Å². The van der Waals surface area contributed by atoms with Crippen molar-refractivity contribution in [3.05, 3.63) is 58.8 Å². The third kappa shape index (κ3) is 4.11. The summed E-state index contributed by atoms with van der Waals surface area (Å²) in [4.78, 5) is 19.5. The molecule has 0 radical (unpaired) electrons. The van der Waals surface area contributed by atoms with E-state index in [0.29, 0.717) is 5.69 Å². The van der Waals surface area contributed by atoms with Crippen molar-refractivity contribution < 1.29 is 14.6 Å². The number of nitrogens with one attached hydrogen (secondary N) is 1. The summed E-state index contributed by atoms with van der Waals surface area (Å²) in [6.07, 6.45) is 2.91. The second-order valence-electron chi connectivity index (χ2n) is 8.37. The van der Waals surface area contributed by atoms with E-state index in [9.17, 15) is 9.90 Å². The Kier molecular flexibility index (Phi) is 5.89. The molecule has 1 aliphatic heterocycles. The minimum Gasteiger partial charge on any atom is -0.496 e. The van der Waals surface area contributed by atoms with Crippen molar-refractivity contribution in [1.82, 2.24) is 14.8 Å². The number of fused-ring (bicyclic) bond motifs is 1. The lowest BCUT2D eigenvalue weighted by Gasteiger charge is -2.31. The van der Waals surface area contributed by atoms with Crippen molar-refractivity contribution in [2.45, 2.75) is 25.9 Å². The second kappa shape index (κ2) is 8.61. The number of nitrogen functional groups attached to an aromatic ring is 1. The Morgan fingerprint density at radius 1 is 1.26 bits per heavy atom. The molecule has 7 heteroatoms. The first-order valence-corrected chi connectivity index (χ1v) is 10.6. The summed E-state index contributed by atoms with van der Waals surface area (Å²) < 4.78 is 5.76.